The molecule has 1 atom stereocenters. The second kappa shape index (κ2) is 6.80. The van der Waals surface area contributed by atoms with Crippen LogP contribution in [0.2, 0.25) is 0 Å². The van der Waals surface area contributed by atoms with Crippen LogP contribution < -0.4 is 0 Å². The van der Waals surface area contributed by atoms with Gasteiger partial charge in [-0.15, -0.1) is 11.8 Å². The second-order valence-electron chi connectivity index (χ2n) is 6.16. The first-order chi connectivity index (χ1) is 11.5. The Bertz CT molecular complexity index is 677. The molecule has 8 heteroatoms. The molecule has 1 aliphatic heterocycles. The highest BCUT2D eigenvalue weighted by molar-refractivity contribution is 7.99. The quantitative estimate of drug-likeness (QED) is 0.596. The van der Waals surface area contributed by atoms with Crippen molar-refractivity contribution in [3.8, 4) is 0 Å². The maximum Gasteiger partial charge on any atom is 0.269 e. The fourth-order valence-electron chi connectivity index (χ4n) is 2.83. The SMILES string of the molecule is CN(C(=O)C1CSCN1C(=O)Cc1cccc([N+](=O)[O-])c1)C1CC1. The summed E-state index contributed by atoms with van der Waals surface area (Å²) in [6, 6.07) is 5.97. The molecule has 3 rings (SSSR count). The lowest BCUT2D eigenvalue weighted by Crippen LogP contribution is -2.48. The Balaban J connectivity index is 1.68. The van der Waals surface area contributed by atoms with Gasteiger partial charge < -0.3 is 9.80 Å². The zero-order valence-electron chi connectivity index (χ0n) is 13.4. The lowest BCUT2D eigenvalue weighted by atomic mass is 10.1. The monoisotopic (exact) mass is 349 g/mol. The second-order valence-corrected chi connectivity index (χ2v) is 7.16. The van der Waals surface area contributed by atoms with Gasteiger partial charge in [0.2, 0.25) is 11.8 Å². The summed E-state index contributed by atoms with van der Waals surface area (Å²) in [6.07, 6.45) is 2.13. The predicted molar refractivity (Wildman–Crippen MR) is 90.6 cm³/mol. The lowest BCUT2D eigenvalue weighted by Gasteiger charge is -2.27. The van der Waals surface area contributed by atoms with Gasteiger partial charge in [0.1, 0.15) is 6.04 Å². The highest BCUT2D eigenvalue weighted by Crippen LogP contribution is 2.29. The number of benzene rings is 1. The number of carbonyl (C=O) groups excluding carboxylic acids is 2. The first-order valence-electron chi connectivity index (χ1n) is 7.84. The first-order valence-corrected chi connectivity index (χ1v) is 9.00. The number of amides is 2. The molecule has 7 nitrogen and oxygen atoms in total. The van der Waals surface area contributed by atoms with E-state index in [2.05, 4.69) is 0 Å². The van der Waals surface area contributed by atoms with Crippen LogP contribution in [0.1, 0.15) is 18.4 Å². The van der Waals surface area contributed by atoms with E-state index in [0.717, 1.165) is 12.8 Å². The molecule has 1 saturated carbocycles. The first kappa shape index (κ1) is 16.8. The van der Waals surface area contributed by atoms with Crippen molar-refractivity contribution in [2.45, 2.75) is 31.3 Å². The van der Waals surface area contributed by atoms with Crippen LogP contribution in [-0.2, 0) is 16.0 Å². The van der Waals surface area contributed by atoms with Gasteiger partial charge in [0.15, 0.2) is 0 Å². The molecule has 24 heavy (non-hydrogen) atoms. The zero-order valence-corrected chi connectivity index (χ0v) is 14.2. The zero-order chi connectivity index (χ0) is 17.3. The summed E-state index contributed by atoms with van der Waals surface area (Å²) in [5.41, 5.74) is 0.560. The minimum Gasteiger partial charge on any atom is -0.341 e. The minimum absolute atomic E-state index is 0.00473. The Morgan fingerprint density at radius 1 is 1.42 bits per heavy atom. The molecule has 1 aromatic carbocycles. The molecule has 1 heterocycles. The molecule has 1 unspecified atom stereocenters. The number of non-ortho nitro benzene ring substituents is 1. The molecule has 2 fully saturated rings. The van der Waals surface area contributed by atoms with E-state index in [1.807, 2.05) is 0 Å². The Labute approximate surface area is 144 Å². The lowest BCUT2D eigenvalue weighted by molar-refractivity contribution is -0.384. The fourth-order valence-corrected chi connectivity index (χ4v) is 4.00. The molecule has 1 saturated heterocycles. The van der Waals surface area contributed by atoms with Crippen molar-refractivity contribution in [2.75, 3.05) is 18.7 Å². The molecule has 1 aromatic rings. The summed E-state index contributed by atoms with van der Waals surface area (Å²) in [6.45, 7) is 0. The van der Waals surface area contributed by atoms with E-state index in [9.17, 15) is 19.7 Å². The van der Waals surface area contributed by atoms with Crippen molar-refractivity contribution >= 4 is 29.3 Å². The maximum absolute atomic E-state index is 12.6. The maximum atomic E-state index is 12.6. The number of carbonyl (C=O) groups is 2. The van der Waals surface area contributed by atoms with E-state index in [4.69, 9.17) is 0 Å². The third-order valence-electron chi connectivity index (χ3n) is 4.41. The van der Waals surface area contributed by atoms with Crippen LogP contribution in [0, 0.1) is 10.1 Å². The summed E-state index contributed by atoms with van der Waals surface area (Å²) in [5, 5.41) is 10.8. The number of rotatable bonds is 5. The molecule has 0 aromatic heterocycles. The highest BCUT2D eigenvalue weighted by Gasteiger charge is 2.39. The van der Waals surface area contributed by atoms with Gasteiger partial charge in [0.25, 0.3) is 5.69 Å². The third kappa shape index (κ3) is 3.53. The number of nitro groups is 1. The molecule has 0 spiro atoms. The average molecular weight is 349 g/mol. The normalized spacial score (nSPS) is 20.0. The van der Waals surface area contributed by atoms with Gasteiger partial charge in [0.05, 0.1) is 17.2 Å². The van der Waals surface area contributed by atoms with Crippen LogP contribution in [0.4, 0.5) is 5.69 Å². The fraction of sp³-hybridized carbons (Fsp3) is 0.500. The van der Waals surface area contributed by atoms with E-state index < -0.39 is 11.0 Å². The number of likely N-dealkylation sites (N-methyl/N-ethyl adjacent to an activating group) is 1. The molecule has 0 radical (unpaired) electrons. The Kier molecular flexibility index (Phi) is 4.75. The number of nitrogens with zero attached hydrogens (tertiary/aromatic N) is 3. The van der Waals surface area contributed by atoms with Crippen molar-refractivity contribution in [1.29, 1.82) is 0 Å². The van der Waals surface area contributed by atoms with Gasteiger partial charge in [-0.05, 0) is 18.4 Å². The summed E-state index contributed by atoms with van der Waals surface area (Å²) < 4.78 is 0. The van der Waals surface area contributed by atoms with Crippen molar-refractivity contribution in [1.82, 2.24) is 9.80 Å². The molecular weight excluding hydrogens is 330 g/mol. The largest absolute Gasteiger partial charge is 0.341 e. The molecule has 0 N–H and O–H groups in total. The van der Waals surface area contributed by atoms with Gasteiger partial charge in [-0.1, -0.05) is 12.1 Å². The molecule has 2 amide bonds. The van der Waals surface area contributed by atoms with Gasteiger partial charge in [-0.2, -0.15) is 0 Å². The summed E-state index contributed by atoms with van der Waals surface area (Å²) in [4.78, 5) is 38.9. The predicted octanol–water partition coefficient (Wildman–Crippen LogP) is 1.66. The average Bonchev–Trinajstić information content (AvgIpc) is 3.30. The molecule has 1 aliphatic carbocycles. The van der Waals surface area contributed by atoms with E-state index in [1.165, 1.54) is 12.1 Å². The van der Waals surface area contributed by atoms with Crippen LogP contribution in [0.3, 0.4) is 0 Å². The van der Waals surface area contributed by atoms with Crippen molar-refractivity contribution in [3.63, 3.8) is 0 Å². The minimum atomic E-state index is -0.476. The Morgan fingerprint density at radius 2 is 2.17 bits per heavy atom. The van der Waals surface area contributed by atoms with Crippen LogP contribution >= 0.6 is 11.8 Å². The van der Waals surface area contributed by atoms with Gasteiger partial charge >= 0.3 is 0 Å². The van der Waals surface area contributed by atoms with Gasteiger partial charge in [-0.3, -0.25) is 19.7 Å². The molecular formula is C16H19N3O4S. The molecule has 0 bridgehead atoms. The van der Waals surface area contributed by atoms with E-state index in [0.29, 0.717) is 23.2 Å². The molecule has 128 valence electrons. The van der Waals surface area contributed by atoms with Crippen LogP contribution in [0.15, 0.2) is 24.3 Å². The van der Waals surface area contributed by atoms with Gasteiger partial charge in [-0.25, -0.2) is 0 Å². The standard InChI is InChI=1S/C16H19N3O4S/c1-17(12-5-6-12)16(21)14-9-24-10-18(14)15(20)8-11-3-2-4-13(7-11)19(22)23/h2-4,7,12,14H,5-6,8-10H2,1H3. The molecule has 2 aliphatic rings. The smallest absolute Gasteiger partial charge is 0.269 e. The Morgan fingerprint density at radius 3 is 2.83 bits per heavy atom. The van der Waals surface area contributed by atoms with Crippen molar-refractivity contribution in [2.24, 2.45) is 0 Å². The summed E-state index contributed by atoms with van der Waals surface area (Å²) >= 11 is 1.56. The number of nitro benzene ring substituents is 1. The Hall–Kier alpha value is -2.09. The van der Waals surface area contributed by atoms with Crippen LogP contribution in [0.5, 0.6) is 0 Å². The van der Waals surface area contributed by atoms with E-state index in [1.54, 1.807) is 40.7 Å². The number of hydrogen-bond acceptors (Lipinski definition) is 5. The summed E-state index contributed by atoms with van der Waals surface area (Å²) in [7, 11) is 1.80. The number of hydrogen-bond donors (Lipinski definition) is 0. The topological polar surface area (TPSA) is 83.8 Å². The number of thioether (sulfide) groups is 1. The van der Waals surface area contributed by atoms with Crippen LogP contribution in [0.25, 0.3) is 0 Å². The van der Waals surface area contributed by atoms with E-state index in [-0.39, 0.29) is 23.9 Å². The van der Waals surface area contributed by atoms with Crippen molar-refractivity contribution in [3.05, 3.63) is 39.9 Å². The summed E-state index contributed by atoms with van der Waals surface area (Å²) in [5.74, 6) is 0.928. The van der Waals surface area contributed by atoms with E-state index >= 15 is 0 Å². The highest BCUT2D eigenvalue weighted by atomic mass is 32.2. The third-order valence-corrected chi connectivity index (χ3v) is 5.42. The van der Waals surface area contributed by atoms with Crippen LogP contribution in [-0.4, -0.2) is 57.3 Å². The van der Waals surface area contributed by atoms with Gasteiger partial charge in [0, 0.05) is 31.0 Å². The van der Waals surface area contributed by atoms with Crippen molar-refractivity contribution < 1.29 is 14.5 Å².